The minimum Gasteiger partial charge on any atom is -0.327 e. The SMILES string of the molecule is Cc1cccc(CC(N)C2CCc3cccnc32)c1. The lowest BCUT2D eigenvalue weighted by Crippen LogP contribution is -2.30. The highest BCUT2D eigenvalue weighted by Gasteiger charge is 2.28. The van der Waals surface area contributed by atoms with E-state index in [4.69, 9.17) is 5.73 Å². The molecule has 0 amide bonds. The zero-order valence-electron chi connectivity index (χ0n) is 11.3. The van der Waals surface area contributed by atoms with Gasteiger partial charge in [-0.05, 0) is 43.4 Å². The fourth-order valence-corrected chi connectivity index (χ4v) is 3.11. The topological polar surface area (TPSA) is 38.9 Å². The molecule has 1 heterocycles. The van der Waals surface area contributed by atoms with E-state index in [0.717, 1.165) is 19.3 Å². The van der Waals surface area contributed by atoms with Crippen LogP contribution in [-0.2, 0) is 12.8 Å². The number of nitrogens with zero attached hydrogens (tertiary/aromatic N) is 1. The fourth-order valence-electron chi connectivity index (χ4n) is 3.11. The molecule has 1 aromatic heterocycles. The van der Waals surface area contributed by atoms with Crippen LogP contribution in [0.3, 0.4) is 0 Å². The van der Waals surface area contributed by atoms with Gasteiger partial charge in [0.1, 0.15) is 0 Å². The second-order valence-corrected chi connectivity index (χ2v) is 5.55. The van der Waals surface area contributed by atoms with Gasteiger partial charge in [0.2, 0.25) is 0 Å². The predicted molar refractivity (Wildman–Crippen MR) is 78.2 cm³/mol. The Hall–Kier alpha value is -1.67. The number of rotatable bonds is 3. The molecule has 1 aliphatic carbocycles. The monoisotopic (exact) mass is 252 g/mol. The Balaban J connectivity index is 1.77. The summed E-state index contributed by atoms with van der Waals surface area (Å²) in [7, 11) is 0. The van der Waals surface area contributed by atoms with E-state index in [1.165, 1.54) is 22.4 Å². The van der Waals surface area contributed by atoms with Gasteiger partial charge in [0.15, 0.2) is 0 Å². The molecular weight excluding hydrogens is 232 g/mol. The van der Waals surface area contributed by atoms with Gasteiger partial charge in [0.05, 0.1) is 0 Å². The first-order valence-corrected chi connectivity index (χ1v) is 6.99. The molecule has 3 rings (SSSR count). The Morgan fingerprint density at radius 3 is 3.05 bits per heavy atom. The highest BCUT2D eigenvalue weighted by atomic mass is 14.7. The van der Waals surface area contributed by atoms with Crippen LogP contribution in [-0.4, -0.2) is 11.0 Å². The summed E-state index contributed by atoms with van der Waals surface area (Å²) in [4.78, 5) is 4.54. The van der Waals surface area contributed by atoms with E-state index >= 15 is 0 Å². The standard InChI is InChI=1S/C17H20N2/c1-12-4-2-5-13(10-12)11-16(18)15-8-7-14-6-3-9-19-17(14)15/h2-6,9-10,15-16H,7-8,11,18H2,1H3. The maximum Gasteiger partial charge on any atom is 0.0482 e. The number of hydrogen-bond acceptors (Lipinski definition) is 2. The van der Waals surface area contributed by atoms with Crippen LogP contribution in [0.1, 0.15) is 34.7 Å². The predicted octanol–water partition coefficient (Wildman–Crippen LogP) is 2.99. The molecule has 2 N–H and O–H groups in total. The third-order valence-electron chi connectivity index (χ3n) is 4.07. The number of hydrogen-bond donors (Lipinski definition) is 1. The molecule has 2 nitrogen and oxygen atoms in total. The van der Waals surface area contributed by atoms with Crippen molar-refractivity contribution in [2.45, 2.75) is 38.1 Å². The van der Waals surface area contributed by atoms with Gasteiger partial charge >= 0.3 is 0 Å². The molecule has 0 aliphatic heterocycles. The number of pyridine rings is 1. The second kappa shape index (κ2) is 5.14. The van der Waals surface area contributed by atoms with Gasteiger partial charge in [-0.1, -0.05) is 35.9 Å². The van der Waals surface area contributed by atoms with Crippen LogP contribution in [0.2, 0.25) is 0 Å². The molecule has 19 heavy (non-hydrogen) atoms. The van der Waals surface area contributed by atoms with Crippen molar-refractivity contribution in [3.05, 3.63) is 65.0 Å². The van der Waals surface area contributed by atoms with Crippen LogP contribution in [0.25, 0.3) is 0 Å². The number of aromatic nitrogens is 1. The third kappa shape index (κ3) is 2.54. The molecule has 0 spiro atoms. The molecule has 0 bridgehead atoms. The summed E-state index contributed by atoms with van der Waals surface area (Å²) in [5.74, 6) is 0.414. The van der Waals surface area contributed by atoms with E-state index in [9.17, 15) is 0 Å². The maximum atomic E-state index is 6.44. The largest absolute Gasteiger partial charge is 0.327 e. The lowest BCUT2D eigenvalue weighted by Gasteiger charge is -2.19. The van der Waals surface area contributed by atoms with Crippen LogP contribution < -0.4 is 5.73 Å². The minimum atomic E-state index is 0.165. The van der Waals surface area contributed by atoms with E-state index < -0.39 is 0 Å². The summed E-state index contributed by atoms with van der Waals surface area (Å²) < 4.78 is 0. The molecule has 0 fully saturated rings. The molecule has 2 heteroatoms. The van der Waals surface area contributed by atoms with Gasteiger partial charge in [-0.3, -0.25) is 4.98 Å². The van der Waals surface area contributed by atoms with E-state index in [2.05, 4.69) is 42.2 Å². The first-order valence-electron chi connectivity index (χ1n) is 6.99. The van der Waals surface area contributed by atoms with Crippen molar-refractivity contribution in [1.29, 1.82) is 0 Å². The molecule has 0 radical (unpaired) electrons. The third-order valence-corrected chi connectivity index (χ3v) is 4.07. The van der Waals surface area contributed by atoms with Crippen LogP contribution in [0, 0.1) is 6.92 Å². The summed E-state index contributed by atoms with van der Waals surface area (Å²) in [6, 6.07) is 13.0. The highest BCUT2D eigenvalue weighted by molar-refractivity contribution is 5.31. The fraction of sp³-hybridized carbons (Fsp3) is 0.353. The van der Waals surface area contributed by atoms with Gasteiger partial charge in [-0.25, -0.2) is 0 Å². The number of nitrogens with two attached hydrogens (primary N) is 1. The lowest BCUT2D eigenvalue weighted by atomic mass is 9.92. The molecule has 0 saturated carbocycles. The van der Waals surface area contributed by atoms with Crippen LogP contribution in [0.5, 0.6) is 0 Å². The van der Waals surface area contributed by atoms with Gasteiger partial charge in [-0.2, -0.15) is 0 Å². The zero-order chi connectivity index (χ0) is 13.2. The van der Waals surface area contributed by atoms with E-state index in [0.29, 0.717) is 5.92 Å². The number of benzene rings is 1. The molecule has 1 aliphatic rings. The first-order chi connectivity index (χ1) is 9.24. The zero-order valence-corrected chi connectivity index (χ0v) is 11.3. The van der Waals surface area contributed by atoms with Gasteiger partial charge < -0.3 is 5.73 Å². The quantitative estimate of drug-likeness (QED) is 0.912. The Kier molecular flexibility index (Phi) is 3.34. The van der Waals surface area contributed by atoms with E-state index in [1.54, 1.807) is 0 Å². The Morgan fingerprint density at radius 2 is 2.21 bits per heavy atom. The van der Waals surface area contributed by atoms with Crippen molar-refractivity contribution >= 4 is 0 Å². The van der Waals surface area contributed by atoms with E-state index in [1.807, 2.05) is 12.3 Å². The summed E-state index contributed by atoms with van der Waals surface area (Å²) in [5.41, 5.74) is 11.7. The minimum absolute atomic E-state index is 0.165. The van der Waals surface area contributed by atoms with E-state index in [-0.39, 0.29) is 6.04 Å². The average molecular weight is 252 g/mol. The van der Waals surface area contributed by atoms with Crippen molar-refractivity contribution < 1.29 is 0 Å². The number of aryl methyl sites for hydroxylation is 2. The van der Waals surface area contributed by atoms with Crippen molar-refractivity contribution in [2.75, 3.05) is 0 Å². The molecule has 1 aromatic carbocycles. The molecule has 2 aromatic rings. The van der Waals surface area contributed by atoms with Crippen LogP contribution >= 0.6 is 0 Å². The van der Waals surface area contributed by atoms with Crippen molar-refractivity contribution in [3.63, 3.8) is 0 Å². The van der Waals surface area contributed by atoms with Gasteiger partial charge in [0, 0.05) is 23.9 Å². The smallest absolute Gasteiger partial charge is 0.0482 e. The Morgan fingerprint density at radius 1 is 1.32 bits per heavy atom. The molecule has 0 saturated heterocycles. The van der Waals surface area contributed by atoms with Gasteiger partial charge in [0.25, 0.3) is 0 Å². The van der Waals surface area contributed by atoms with Crippen molar-refractivity contribution in [2.24, 2.45) is 5.73 Å². The van der Waals surface area contributed by atoms with Crippen LogP contribution in [0.15, 0.2) is 42.6 Å². The highest BCUT2D eigenvalue weighted by Crippen LogP contribution is 2.33. The Labute approximate surface area is 114 Å². The summed E-state index contributed by atoms with van der Waals surface area (Å²) in [6.45, 7) is 2.13. The first kappa shape index (κ1) is 12.4. The maximum absolute atomic E-state index is 6.44. The molecule has 98 valence electrons. The van der Waals surface area contributed by atoms with Crippen molar-refractivity contribution in [3.8, 4) is 0 Å². The summed E-state index contributed by atoms with van der Waals surface area (Å²) >= 11 is 0. The second-order valence-electron chi connectivity index (χ2n) is 5.55. The normalized spacial score (nSPS) is 19.2. The average Bonchev–Trinajstić information content (AvgIpc) is 2.82. The molecule has 2 unspecified atom stereocenters. The van der Waals surface area contributed by atoms with Crippen molar-refractivity contribution in [1.82, 2.24) is 4.98 Å². The van der Waals surface area contributed by atoms with Gasteiger partial charge in [-0.15, -0.1) is 0 Å². The lowest BCUT2D eigenvalue weighted by molar-refractivity contribution is 0.517. The van der Waals surface area contributed by atoms with Crippen LogP contribution in [0.4, 0.5) is 0 Å². The molecular formula is C17H20N2. The Bertz CT molecular complexity index is 577. The summed E-state index contributed by atoms with van der Waals surface area (Å²) in [6.07, 6.45) is 5.08. The number of fused-ring (bicyclic) bond motifs is 1. The molecule has 2 atom stereocenters. The summed E-state index contributed by atoms with van der Waals surface area (Å²) in [5, 5.41) is 0.